The highest BCUT2D eigenvalue weighted by molar-refractivity contribution is 5.44. The Hall–Kier alpha value is -1.65. The van der Waals surface area contributed by atoms with E-state index in [1.165, 1.54) is 22.5 Å². The number of aromatic nitrogens is 2. The van der Waals surface area contributed by atoms with Gasteiger partial charge < -0.3 is 10.1 Å². The van der Waals surface area contributed by atoms with Crippen molar-refractivity contribution in [3.05, 3.63) is 47.3 Å². The van der Waals surface area contributed by atoms with Gasteiger partial charge in [-0.1, -0.05) is 32.0 Å². The summed E-state index contributed by atoms with van der Waals surface area (Å²) in [6.07, 6.45) is 1.95. The van der Waals surface area contributed by atoms with Crippen LogP contribution in [0.15, 0.2) is 30.5 Å². The molecule has 114 valence electrons. The Morgan fingerprint density at radius 2 is 2.05 bits per heavy atom. The van der Waals surface area contributed by atoms with Gasteiger partial charge in [-0.15, -0.1) is 0 Å². The van der Waals surface area contributed by atoms with Crippen LogP contribution in [0.25, 0.3) is 5.69 Å². The van der Waals surface area contributed by atoms with Gasteiger partial charge >= 0.3 is 0 Å². The molecular formula is C17H25N3O. The van der Waals surface area contributed by atoms with Crippen LogP contribution in [0.5, 0.6) is 0 Å². The summed E-state index contributed by atoms with van der Waals surface area (Å²) < 4.78 is 7.09. The van der Waals surface area contributed by atoms with Crippen LogP contribution in [-0.2, 0) is 11.3 Å². The highest BCUT2D eigenvalue weighted by Gasteiger charge is 2.12. The molecule has 0 aliphatic rings. The van der Waals surface area contributed by atoms with E-state index in [1.54, 1.807) is 7.11 Å². The molecule has 0 radical (unpaired) electrons. The van der Waals surface area contributed by atoms with Crippen LogP contribution in [0.4, 0.5) is 0 Å². The largest absolute Gasteiger partial charge is 0.383 e. The van der Waals surface area contributed by atoms with Crippen molar-refractivity contribution in [2.45, 2.75) is 33.2 Å². The SMILES string of the molecule is COCCNCc1cnn(-c2ccccc2C(C)C)c1C. The lowest BCUT2D eigenvalue weighted by atomic mass is 10.0. The fraction of sp³-hybridized carbons (Fsp3) is 0.471. The van der Waals surface area contributed by atoms with Crippen LogP contribution in [0, 0.1) is 6.92 Å². The van der Waals surface area contributed by atoms with Crippen LogP contribution < -0.4 is 5.32 Å². The first-order valence-electron chi connectivity index (χ1n) is 7.47. The lowest BCUT2D eigenvalue weighted by Crippen LogP contribution is -2.18. The molecule has 0 aliphatic carbocycles. The molecule has 0 saturated heterocycles. The number of nitrogens with zero attached hydrogens (tertiary/aromatic N) is 2. The number of ether oxygens (including phenoxy) is 1. The molecule has 0 spiro atoms. The van der Waals surface area contributed by atoms with Crippen LogP contribution in [0.1, 0.15) is 36.6 Å². The number of rotatable bonds is 7. The van der Waals surface area contributed by atoms with Crippen LogP contribution in [0.2, 0.25) is 0 Å². The Labute approximate surface area is 127 Å². The van der Waals surface area contributed by atoms with Crippen molar-refractivity contribution in [3.63, 3.8) is 0 Å². The van der Waals surface area contributed by atoms with Crippen molar-refractivity contribution in [1.82, 2.24) is 15.1 Å². The maximum Gasteiger partial charge on any atom is 0.0683 e. The second-order valence-electron chi connectivity index (χ2n) is 5.55. The first kappa shape index (κ1) is 15.7. The Morgan fingerprint density at radius 3 is 2.76 bits per heavy atom. The number of para-hydroxylation sites is 1. The summed E-state index contributed by atoms with van der Waals surface area (Å²) in [5.74, 6) is 0.480. The molecule has 0 fully saturated rings. The Kier molecular flexibility index (Phi) is 5.53. The van der Waals surface area contributed by atoms with Crippen LogP contribution in [0.3, 0.4) is 0 Å². The van der Waals surface area contributed by atoms with Gasteiger partial charge in [0.1, 0.15) is 0 Å². The molecule has 1 aromatic carbocycles. The molecule has 4 heteroatoms. The summed E-state index contributed by atoms with van der Waals surface area (Å²) in [6, 6.07) is 8.47. The van der Waals surface area contributed by atoms with Crippen molar-refractivity contribution >= 4 is 0 Å². The quantitative estimate of drug-likeness (QED) is 0.796. The third-order valence-electron chi connectivity index (χ3n) is 3.70. The second kappa shape index (κ2) is 7.38. The average molecular weight is 287 g/mol. The van der Waals surface area contributed by atoms with Gasteiger partial charge in [-0.2, -0.15) is 5.10 Å². The Balaban J connectivity index is 2.20. The van der Waals surface area contributed by atoms with Gasteiger partial charge in [0.2, 0.25) is 0 Å². The first-order valence-corrected chi connectivity index (χ1v) is 7.47. The Bertz CT molecular complexity index is 575. The van der Waals surface area contributed by atoms with E-state index in [0.29, 0.717) is 5.92 Å². The molecule has 0 aliphatic heterocycles. The molecule has 0 atom stereocenters. The third kappa shape index (κ3) is 3.71. The standard InChI is InChI=1S/C17H25N3O/c1-13(2)16-7-5-6-8-17(16)20-14(3)15(12-19-20)11-18-9-10-21-4/h5-8,12-13,18H,9-11H2,1-4H3. The van der Waals surface area contributed by atoms with Gasteiger partial charge in [0.15, 0.2) is 0 Å². The topological polar surface area (TPSA) is 39.1 Å². The summed E-state index contributed by atoms with van der Waals surface area (Å²) in [7, 11) is 1.72. The molecule has 2 rings (SSSR count). The summed E-state index contributed by atoms with van der Waals surface area (Å²) in [6.45, 7) is 8.94. The Morgan fingerprint density at radius 1 is 1.29 bits per heavy atom. The fourth-order valence-corrected chi connectivity index (χ4v) is 2.43. The van der Waals surface area contributed by atoms with E-state index in [4.69, 9.17) is 4.74 Å². The zero-order valence-electron chi connectivity index (χ0n) is 13.4. The van der Waals surface area contributed by atoms with E-state index >= 15 is 0 Å². The minimum Gasteiger partial charge on any atom is -0.383 e. The predicted octanol–water partition coefficient (Wildman–Crippen LogP) is 3.04. The molecule has 4 nitrogen and oxygen atoms in total. The number of methoxy groups -OCH3 is 1. The third-order valence-corrected chi connectivity index (χ3v) is 3.70. The molecule has 0 saturated carbocycles. The maximum absolute atomic E-state index is 5.04. The van der Waals surface area contributed by atoms with Gasteiger partial charge in [0, 0.05) is 31.5 Å². The van der Waals surface area contributed by atoms with E-state index in [9.17, 15) is 0 Å². The number of benzene rings is 1. The molecule has 21 heavy (non-hydrogen) atoms. The summed E-state index contributed by atoms with van der Waals surface area (Å²) >= 11 is 0. The minimum atomic E-state index is 0.480. The smallest absolute Gasteiger partial charge is 0.0683 e. The molecule has 2 aromatic rings. The van der Waals surface area contributed by atoms with E-state index in [-0.39, 0.29) is 0 Å². The lowest BCUT2D eigenvalue weighted by Gasteiger charge is -2.14. The monoisotopic (exact) mass is 287 g/mol. The van der Waals surface area contributed by atoms with Crippen molar-refractivity contribution < 1.29 is 4.74 Å². The van der Waals surface area contributed by atoms with Crippen molar-refractivity contribution in [1.29, 1.82) is 0 Å². The normalized spacial score (nSPS) is 11.3. The zero-order chi connectivity index (χ0) is 15.2. The van der Waals surface area contributed by atoms with Crippen LogP contribution in [-0.4, -0.2) is 30.0 Å². The highest BCUT2D eigenvalue weighted by atomic mass is 16.5. The molecule has 1 heterocycles. The van der Waals surface area contributed by atoms with E-state index in [2.05, 4.69) is 55.5 Å². The van der Waals surface area contributed by atoms with Gasteiger partial charge in [-0.3, -0.25) is 0 Å². The number of nitrogens with one attached hydrogen (secondary N) is 1. The van der Waals surface area contributed by atoms with Gasteiger partial charge in [-0.05, 0) is 24.5 Å². The second-order valence-corrected chi connectivity index (χ2v) is 5.55. The van der Waals surface area contributed by atoms with Crippen molar-refractivity contribution in [3.8, 4) is 5.69 Å². The average Bonchev–Trinajstić information content (AvgIpc) is 2.85. The summed E-state index contributed by atoms with van der Waals surface area (Å²) in [5, 5.41) is 7.94. The summed E-state index contributed by atoms with van der Waals surface area (Å²) in [4.78, 5) is 0. The predicted molar refractivity (Wildman–Crippen MR) is 86.0 cm³/mol. The molecule has 0 bridgehead atoms. The molecule has 1 N–H and O–H groups in total. The lowest BCUT2D eigenvalue weighted by molar-refractivity contribution is 0.199. The highest BCUT2D eigenvalue weighted by Crippen LogP contribution is 2.24. The molecular weight excluding hydrogens is 262 g/mol. The number of hydrogen-bond acceptors (Lipinski definition) is 3. The van der Waals surface area contributed by atoms with Crippen LogP contribution >= 0.6 is 0 Å². The van der Waals surface area contributed by atoms with Crippen molar-refractivity contribution in [2.24, 2.45) is 0 Å². The van der Waals surface area contributed by atoms with Crippen molar-refractivity contribution in [2.75, 3.05) is 20.3 Å². The molecule has 0 amide bonds. The number of hydrogen-bond donors (Lipinski definition) is 1. The van der Waals surface area contributed by atoms with Gasteiger partial charge in [0.25, 0.3) is 0 Å². The zero-order valence-corrected chi connectivity index (χ0v) is 13.4. The maximum atomic E-state index is 5.04. The van der Waals surface area contributed by atoms with Gasteiger partial charge in [0.05, 0.1) is 18.5 Å². The van der Waals surface area contributed by atoms with Gasteiger partial charge in [-0.25, -0.2) is 4.68 Å². The molecule has 0 unspecified atom stereocenters. The van der Waals surface area contributed by atoms with E-state index in [1.807, 2.05) is 10.9 Å². The molecule has 1 aromatic heterocycles. The first-order chi connectivity index (χ1) is 10.1. The van der Waals surface area contributed by atoms with E-state index < -0.39 is 0 Å². The minimum absolute atomic E-state index is 0.480. The fourth-order valence-electron chi connectivity index (χ4n) is 2.43. The van der Waals surface area contributed by atoms with E-state index in [0.717, 1.165) is 19.7 Å². The summed E-state index contributed by atoms with van der Waals surface area (Å²) in [5.41, 5.74) is 4.91.